The number of aryl methyl sites for hydroxylation is 1. The molecule has 0 saturated carbocycles. The SMILES string of the molecule is CCC(NCC(C)(O)C(C)CC)c1cnn(C)c1. The second-order valence-electron chi connectivity index (χ2n) is 5.46. The van der Waals surface area contributed by atoms with E-state index in [1.807, 2.05) is 31.0 Å². The first kappa shape index (κ1) is 15.2. The number of aliphatic hydroxyl groups is 1. The summed E-state index contributed by atoms with van der Waals surface area (Å²) in [4.78, 5) is 0. The zero-order valence-electron chi connectivity index (χ0n) is 12.3. The van der Waals surface area contributed by atoms with Crippen LogP contribution >= 0.6 is 0 Å². The van der Waals surface area contributed by atoms with Crippen LogP contribution in [0.2, 0.25) is 0 Å². The third-order valence-corrected chi connectivity index (χ3v) is 3.92. The summed E-state index contributed by atoms with van der Waals surface area (Å²) in [7, 11) is 1.92. The van der Waals surface area contributed by atoms with Gasteiger partial charge in [-0.2, -0.15) is 5.10 Å². The van der Waals surface area contributed by atoms with Crippen molar-refractivity contribution in [2.45, 2.75) is 52.2 Å². The fourth-order valence-corrected chi connectivity index (χ4v) is 2.06. The van der Waals surface area contributed by atoms with Gasteiger partial charge in [-0.05, 0) is 19.3 Å². The van der Waals surface area contributed by atoms with Crippen LogP contribution < -0.4 is 5.32 Å². The maximum absolute atomic E-state index is 10.4. The highest BCUT2D eigenvalue weighted by Crippen LogP contribution is 2.21. The molecule has 1 aromatic heterocycles. The van der Waals surface area contributed by atoms with Crippen molar-refractivity contribution in [2.75, 3.05) is 6.54 Å². The molecule has 1 aromatic rings. The minimum Gasteiger partial charge on any atom is -0.389 e. The Morgan fingerprint density at radius 2 is 2.11 bits per heavy atom. The molecule has 0 saturated heterocycles. The molecule has 0 bridgehead atoms. The van der Waals surface area contributed by atoms with Gasteiger partial charge in [-0.1, -0.05) is 27.2 Å². The monoisotopic (exact) mass is 253 g/mol. The van der Waals surface area contributed by atoms with E-state index in [1.165, 1.54) is 5.56 Å². The van der Waals surface area contributed by atoms with Crippen LogP contribution in [0, 0.1) is 5.92 Å². The molecule has 0 amide bonds. The highest BCUT2D eigenvalue weighted by Gasteiger charge is 2.27. The Morgan fingerprint density at radius 1 is 1.44 bits per heavy atom. The maximum atomic E-state index is 10.4. The first-order valence-corrected chi connectivity index (χ1v) is 6.85. The van der Waals surface area contributed by atoms with Gasteiger partial charge in [0.05, 0.1) is 11.8 Å². The van der Waals surface area contributed by atoms with Crippen molar-refractivity contribution in [3.8, 4) is 0 Å². The topological polar surface area (TPSA) is 50.1 Å². The van der Waals surface area contributed by atoms with Gasteiger partial charge in [0.1, 0.15) is 0 Å². The number of hydrogen-bond donors (Lipinski definition) is 2. The lowest BCUT2D eigenvalue weighted by Crippen LogP contribution is -2.44. The molecular formula is C14H27N3O. The van der Waals surface area contributed by atoms with Crippen molar-refractivity contribution in [1.82, 2.24) is 15.1 Å². The molecule has 4 heteroatoms. The van der Waals surface area contributed by atoms with Crippen molar-refractivity contribution in [3.63, 3.8) is 0 Å². The standard InChI is InChI=1S/C14H27N3O/c1-6-11(3)14(4,18)10-15-13(7-2)12-8-16-17(5)9-12/h8-9,11,13,15,18H,6-7,10H2,1-5H3. The molecule has 0 fully saturated rings. The third-order valence-electron chi connectivity index (χ3n) is 3.92. The summed E-state index contributed by atoms with van der Waals surface area (Å²) in [5.74, 6) is 0.288. The predicted molar refractivity (Wildman–Crippen MR) is 74.3 cm³/mol. The second-order valence-corrected chi connectivity index (χ2v) is 5.46. The van der Waals surface area contributed by atoms with Crippen LogP contribution in [0.25, 0.3) is 0 Å². The lowest BCUT2D eigenvalue weighted by atomic mass is 9.88. The Bertz CT molecular complexity index is 360. The molecule has 0 aliphatic rings. The van der Waals surface area contributed by atoms with Gasteiger partial charge in [-0.3, -0.25) is 4.68 Å². The lowest BCUT2D eigenvalue weighted by Gasteiger charge is -2.31. The van der Waals surface area contributed by atoms with E-state index in [2.05, 4.69) is 31.2 Å². The third kappa shape index (κ3) is 3.82. The van der Waals surface area contributed by atoms with Gasteiger partial charge >= 0.3 is 0 Å². The normalized spacial score (nSPS) is 18.3. The molecule has 2 N–H and O–H groups in total. The van der Waals surface area contributed by atoms with Crippen molar-refractivity contribution < 1.29 is 5.11 Å². The van der Waals surface area contributed by atoms with Crippen molar-refractivity contribution in [1.29, 1.82) is 0 Å². The molecule has 0 radical (unpaired) electrons. The molecule has 0 aromatic carbocycles. The van der Waals surface area contributed by atoms with E-state index in [0.29, 0.717) is 6.54 Å². The zero-order chi connectivity index (χ0) is 13.8. The first-order valence-electron chi connectivity index (χ1n) is 6.85. The molecule has 104 valence electrons. The molecule has 1 rings (SSSR count). The van der Waals surface area contributed by atoms with Gasteiger partial charge in [0, 0.05) is 31.4 Å². The summed E-state index contributed by atoms with van der Waals surface area (Å²) in [6, 6.07) is 0.259. The van der Waals surface area contributed by atoms with Crippen molar-refractivity contribution in [2.24, 2.45) is 13.0 Å². The van der Waals surface area contributed by atoms with Crippen LogP contribution in [0.5, 0.6) is 0 Å². The van der Waals surface area contributed by atoms with Crippen LogP contribution in [0.4, 0.5) is 0 Å². The highest BCUT2D eigenvalue weighted by molar-refractivity contribution is 5.10. The highest BCUT2D eigenvalue weighted by atomic mass is 16.3. The van der Waals surface area contributed by atoms with E-state index in [9.17, 15) is 5.11 Å². The molecule has 3 unspecified atom stereocenters. The van der Waals surface area contributed by atoms with Crippen LogP contribution in [0.1, 0.15) is 52.1 Å². The van der Waals surface area contributed by atoms with Gasteiger partial charge in [-0.25, -0.2) is 0 Å². The Hall–Kier alpha value is -0.870. The average molecular weight is 253 g/mol. The number of rotatable bonds is 7. The summed E-state index contributed by atoms with van der Waals surface area (Å²) >= 11 is 0. The van der Waals surface area contributed by atoms with Crippen LogP contribution in [-0.2, 0) is 7.05 Å². The lowest BCUT2D eigenvalue weighted by molar-refractivity contribution is 0.00312. The fraction of sp³-hybridized carbons (Fsp3) is 0.786. The molecule has 0 aliphatic carbocycles. The van der Waals surface area contributed by atoms with E-state index in [1.54, 1.807) is 0 Å². The predicted octanol–water partition coefficient (Wildman–Crippen LogP) is 2.26. The largest absolute Gasteiger partial charge is 0.389 e. The first-order chi connectivity index (χ1) is 8.40. The summed E-state index contributed by atoms with van der Waals surface area (Å²) in [6.07, 6.45) is 5.89. The molecule has 3 atom stereocenters. The molecular weight excluding hydrogens is 226 g/mol. The van der Waals surface area contributed by atoms with Gasteiger partial charge < -0.3 is 10.4 Å². The molecule has 0 aliphatic heterocycles. The van der Waals surface area contributed by atoms with E-state index >= 15 is 0 Å². The molecule has 4 nitrogen and oxygen atoms in total. The number of nitrogens with one attached hydrogen (secondary N) is 1. The minimum absolute atomic E-state index is 0.259. The Balaban J connectivity index is 2.60. The van der Waals surface area contributed by atoms with E-state index in [4.69, 9.17) is 0 Å². The van der Waals surface area contributed by atoms with E-state index in [0.717, 1.165) is 12.8 Å². The van der Waals surface area contributed by atoms with Crippen molar-refractivity contribution >= 4 is 0 Å². The number of aromatic nitrogens is 2. The van der Waals surface area contributed by atoms with Gasteiger partial charge in [0.15, 0.2) is 0 Å². The minimum atomic E-state index is -0.662. The number of nitrogens with zero attached hydrogens (tertiary/aromatic N) is 2. The second kappa shape index (κ2) is 6.34. The smallest absolute Gasteiger partial charge is 0.0769 e. The fourth-order valence-electron chi connectivity index (χ4n) is 2.06. The van der Waals surface area contributed by atoms with E-state index in [-0.39, 0.29) is 12.0 Å². The molecule has 1 heterocycles. The maximum Gasteiger partial charge on any atom is 0.0769 e. The quantitative estimate of drug-likeness (QED) is 0.783. The van der Waals surface area contributed by atoms with Gasteiger partial charge in [0.2, 0.25) is 0 Å². The van der Waals surface area contributed by atoms with Gasteiger partial charge in [-0.15, -0.1) is 0 Å². The van der Waals surface area contributed by atoms with Crippen LogP contribution in [0.3, 0.4) is 0 Å². The van der Waals surface area contributed by atoms with Crippen molar-refractivity contribution in [3.05, 3.63) is 18.0 Å². The average Bonchev–Trinajstić information content (AvgIpc) is 2.75. The zero-order valence-corrected chi connectivity index (χ0v) is 12.3. The summed E-state index contributed by atoms with van der Waals surface area (Å²) in [5.41, 5.74) is 0.518. The summed E-state index contributed by atoms with van der Waals surface area (Å²) in [6.45, 7) is 8.85. The number of hydrogen-bond acceptors (Lipinski definition) is 3. The van der Waals surface area contributed by atoms with Crippen LogP contribution in [0.15, 0.2) is 12.4 Å². The van der Waals surface area contributed by atoms with E-state index < -0.39 is 5.60 Å². The van der Waals surface area contributed by atoms with Crippen LogP contribution in [-0.4, -0.2) is 27.0 Å². The Labute approximate surface area is 110 Å². The van der Waals surface area contributed by atoms with Gasteiger partial charge in [0.25, 0.3) is 0 Å². The molecule has 0 spiro atoms. The Kier molecular flexibility index (Phi) is 5.35. The Morgan fingerprint density at radius 3 is 2.56 bits per heavy atom. The molecule has 18 heavy (non-hydrogen) atoms. The summed E-state index contributed by atoms with van der Waals surface area (Å²) in [5, 5.41) is 18.0. The summed E-state index contributed by atoms with van der Waals surface area (Å²) < 4.78 is 1.81.